The normalized spacial score (nSPS) is 24.8. The smallest absolute Gasteiger partial charge is 0.0194 e. The zero-order chi connectivity index (χ0) is 8.81. The fourth-order valence-corrected chi connectivity index (χ4v) is 1.61. The van der Waals surface area contributed by atoms with Crippen molar-refractivity contribution in [2.45, 2.75) is 58.8 Å². The first kappa shape index (κ1) is 9.83. The third-order valence-corrected chi connectivity index (χ3v) is 2.73. The predicted molar refractivity (Wildman–Crippen MR) is 55.2 cm³/mol. The molecule has 0 aromatic rings. The fraction of sp³-hybridized carbons (Fsp3) is 0.833. The minimum atomic E-state index is 0.931. The van der Waals surface area contributed by atoms with Gasteiger partial charge < -0.3 is 0 Å². The molecule has 0 aromatic heterocycles. The van der Waals surface area contributed by atoms with Gasteiger partial charge in [-0.2, -0.15) is 0 Å². The summed E-state index contributed by atoms with van der Waals surface area (Å²) >= 11 is 0. The van der Waals surface area contributed by atoms with E-state index in [1.807, 2.05) is 0 Å². The van der Waals surface area contributed by atoms with E-state index in [0.29, 0.717) is 0 Å². The average Bonchev–Trinajstić information content (AvgIpc) is 2.74. The van der Waals surface area contributed by atoms with Crippen molar-refractivity contribution in [2.24, 2.45) is 5.92 Å². The Morgan fingerprint density at radius 3 is 2.50 bits per heavy atom. The minimum Gasteiger partial charge on any atom is -0.0850 e. The van der Waals surface area contributed by atoms with E-state index >= 15 is 0 Å². The van der Waals surface area contributed by atoms with Gasteiger partial charge >= 0.3 is 0 Å². The summed E-state index contributed by atoms with van der Waals surface area (Å²) in [5.41, 5.74) is 1.71. The summed E-state index contributed by atoms with van der Waals surface area (Å²) < 4.78 is 0. The molecule has 0 aromatic carbocycles. The van der Waals surface area contributed by atoms with Gasteiger partial charge in [0.15, 0.2) is 0 Å². The van der Waals surface area contributed by atoms with Crippen molar-refractivity contribution in [3.05, 3.63) is 11.6 Å². The van der Waals surface area contributed by atoms with Crippen molar-refractivity contribution in [1.29, 1.82) is 0 Å². The lowest BCUT2D eigenvalue weighted by Crippen LogP contribution is -1.75. The molecule has 0 radical (unpaired) electrons. The van der Waals surface area contributed by atoms with Crippen molar-refractivity contribution in [1.82, 2.24) is 0 Å². The molecule has 0 bridgehead atoms. The molecule has 70 valence electrons. The molecule has 0 heteroatoms. The third-order valence-electron chi connectivity index (χ3n) is 2.73. The van der Waals surface area contributed by atoms with Gasteiger partial charge in [-0.05, 0) is 25.2 Å². The molecule has 0 N–H and O–H groups in total. The van der Waals surface area contributed by atoms with Gasteiger partial charge in [0.2, 0.25) is 0 Å². The van der Waals surface area contributed by atoms with Gasteiger partial charge in [0.1, 0.15) is 0 Å². The monoisotopic (exact) mass is 166 g/mol. The van der Waals surface area contributed by atoms with Crippen LogP contribution >= 0.6 is 0 Å². The molecule has 1 saturated carbocycles. The lowest BCUT2D eigenvalue weighted by molar-refractivity contribution is 0.637. The second-order valence-electron chi connectivity index (χ2n) is 4.09. The molecule has 1 rings (SSSR count). The van der Waals surface area contributed by atoms with Gasteiger partial charge in [-0.25, -0.2) is 0 Å². The van der Waals surface area contributed by atoms with Crippen LogP contribution in [0.5, 0.6) is 0 Å². The molecule has 0 heterocycles. The Morgan fingerprint density at radius 1 is 1.25 bits per heavy atom. The Balaban J connectivity index is 1.83. The summed E-state index contributed by atoms with van der Waals surface area (Å²) in [6.07, 6.45) is 12.3. The molecule has 12 heavy (non-hydrogen) atoms. The molecule has 1 unspecified atom stereocenters. The Kier molecular flexibility index (Phi) is 4.42. The summed E-state index contributed by atoms with van der Waals surface area (Å²) in [5, 5.41) is 0. The molecular weight excluding hydrogens is 144 g/mol. The van der Waals surface area contributed by atoms with Crippen LogP contribution < -0.4 is 0 Å². The van der Waals surface area contributed by atoms with Crippen LogP contribution in [0.4, 0.5) is 0 Å². The van der Waals surface area contributed by atoms with E-state index < -0.39 is 0 Å². The zero-order valence-electron chi connectivity index (χ0n) is 8.60. The number of unbranched alkanes of at least 4 members (excludes halogenated alkanes) is 5. The molecule has 1 aliphatic carbocycles. The van der Waals surface area contributed by atoms with E-state index in [-0.39, 0.29) is 0 Å². The highest BCUT2D eigenvalue weighted by Gasteiger charge is 2.22. The van der Waals surface area contributed by atoms with E-state index in [0.717, 1.165) is 5.92 Å². The maximum Gasteiger partial charge on any atom is -0.0194 e. The van der Waals surface area contributed by atoms with Gasteiger partial charge in [-0.1, -0.05) is 51.2 Å². The summed E-state index contributed by atoms with van der Waals surface area (Å²) in [6, 6.07) is 0. The first-order valence-electron chi connectivity index (χ1n) is 5.53. The van der Waals surface area contributed by atoms with Crippen molar-refractivity contribution in [3.8, 4) is 0 Å². The Labute approximate surface area is 77.1 Å². The van der Waals surface area contributed by atoms with Crippen LogP contribution in [0.25, 0.3) is 0 Å². The SMILES string of the molecule is CCCCCCCC=C1CC1C. The van der Waals surface area contributed by atoms with Crippen LogP contribution in [0.3, 0.4) is 0 Å². The number of rotatable bonds is 6. The van der Waals surface area contributed by atoms with Gasteiger partial charge in [-0.3, -0.25) is 0 Å². The molecule has 1 aliphatic rings. The largest absolute Gasteiger partial charge is 0.0850 e. The lowest BCUT2D eigenvalue weighted by atomic mass is 10.1. The van der Waals surface area contributed by atoms with Gasteiger partial charge in [-0.15, -0.1) is 0 Å². The van der Waals surface area contributed by atoms with E-state index in [4.69, 9.17) is 0 Å². The van der Waals surface area contributed by atoms with Gasteiger partial charge in [0.25, 0.3) is 0 Å². The van der Waals surface area contributed by atoms with Crippen LogP contribution in [-0.4, -0.2) is 0 Å². The van der Waals surface area contributed by atoms with E-state index in [2.05, 4.69) is 19.9 Å². The van der Waals surface area contributed by atoms with Crippen LogP contribution in [-0.2, 0) is 0 Å². The predicted octanol–water partition coefficient (Wildman–Crippen LogP) is 4.31. The molecule has 1 atom stereocenters. The maximum atomic E-state index is 2.47. The third kappa shape index (κ3) is 3.94. The average molecular weight is 166 g/mol. The molecule has 0 saturated heterocycles. The molecular formula is C12H22. The molecule has 1 fully saturated rings. The lowest BCUT2D eigenvalue weighted by Gasteiger charge is -1.95. The molecule has 0 amide bonds. The van der Waals surface area contributed by atoms with E-state index in [1.54, 1.807) is 5.57 Å². The standard InChI is InChI=1S/C12H22/c1-3-4-5-6-7-8-9-12-10-11(12)2/h9,11H,3-8,10H2,1-2H3. The summed E-state index contributed by atoms with van der Waals surface area (Å²) in [4.78, 5) is 0. The highest BCUT2D eigenvalue weighted by atomic mass is 14.3. The molecule has 0 spiro atoms. The molecule has 0 nitrogen and oxygen atoms in total. The van der Waals surface area contributed by atoms with Crippen LogP contribution in [0.15, 0.2) is 11.6 Å². The summed E-state index contributed by atoms with van der Waals surface area (Å²) in [7, 11) is 0. The summed E-state index contributed by atoms with van der Waals surface area (Å²) in [5.74, 6) is 0.931. The molecule has 0 aliphatic heterocycles. The number of hydrogen-bond acceptors (Lipinski definition) is 0. The van der Waals surface area contributed by atoms with Crippen molar-refractivity contribution in [2.75, 3.05) is 0 Å². The Morgan fingerprint density at radius 2 is 1.92 bits per heavy atom. The van der Waals surface area contributed by atoms with Crippen LogP contribution in [0.2, 0.25) is 0 Å². The summed E-state index contributed by atoms with van der Waals surface area (Å²) in [6.45, 7) is 4.59. The maximum absolute atomic E-state index is 2.47. The zero-order valence-corrected chi connectivity index (χ0v) is 8.60. The highest BCUT2D eigenvalue weighted by molar-refractivity contribution is 5.21. The van der Waals surface area contributed by atoms with E-state index in [1.165, 1.54) is 44.9 Å². The van der Waals surface area contributed by atoms with Crippen LogP contribution in [0, 0.1) is 5.92 Å². The van der Waals surface area contributed by atoms with Crippen molar-refractivity contribution < 1.29 is 0 Å². The Bertz CT molecular complexity index is 144. The highest BCUT2D eigenvalue weighted by Crippen LogP contribution is 2.37. The van der Waals surface area contributed by atoms with E-state index in [9.17, 15) is 0 Å². The topological polar surface area (TPSA) is 0 Å². The van der Waals surface area contributed by atoms with Gasteiger partial charge in [0, 0.05) is 0 Å². The minimum absolute atomic E-state index is 0.931. The van der Waals surface area contributed by atoms with Crippen molar-refractivity contribution >= 4 is 0 Å². The first-order valence-corrected chi connectivity index (χ1v) is 5.53. The second kappa shape index (κ2) is 5.40. The Hall–Kier alpha value is -0.260. The second-order valence-corrected chi connectivity index (χ2v) is 4.09. The first-order chi connectivity index (χ1) is 5.84. The fourth-order valence-electron chi connectivity index (χ4n) is 1.61. The van der Waals surface area contributed by atoms with Gasteiger partial charge in [0.05, 0.1) is 0 Å². The van der Waals surface area contributed by atoms with Crippen molar-refractivity contribution in [3.63, 3.8) is 0 Å². The number of allylic oxidation sites excluding steroid dienone is 2. The quantitative estimate of drug-likeness (QED) is 0.407. The number of hydrogen-bond donors (Lipinski definition) is 0. The van der Waals surface area contributed by atoms with Crippen LogP contribution in [0.1, 0.15) is 58.8 Å².